The van der Waals surface area contributed by atoms with E-state index in [0.717, 1.165) is 22.2 Å². The Morgan fingerprint density at radius 2 is 1.88 bits per heavy atom. The molecule has 4 heteroatoms. The number of nitrogens with zero attached hydrogens (tertiary/aromatic N) is 3. The van der Waals surface area contributed by atoms with E-state index < -0.39 is 0 Å². The highest BCUT2D eigenvalue weighted by atomic mass is 35.5. The maximum atomic E-state index is 5.82. The second-order valence-electron chi connectivity index (χ2n) is 3.64. The summed E-state index contributed by atoms with van der Waals surface area (Å²) in [5.41, 5.74) is 2.61. The number of benzene rings is 1. The molecule has 2 aromatic heterocycles. The smallest absolute Gasteiger partial charge is 0.148 e. The van der Waals surface area contributed by atoms with Crippen LogP contribution >= 0.6 is 11.6 Å². The van der Waals surface area contributed by atoms with Gasteiger partial charge in [-0.25, -0.2) is 4.98 Å². The molecule has 0 aliphatic heterocycles. The number of halogens is 1. The van der Waals surface area contributed by atoms with Crippen LogP contribution in [0, 0.1) is 0 Å². The minimum atomic E-state index is 0.385. The lowest BCUT2D eigenvalue weighted by atomic mass is 10.1. The molecule has 17 heavy (non-hydrogen) atoms. The predicted molar refractivity (Wildman–Crippen MR) is 67.8 cm³/mol. The van der Waals surface area contributed by atoms with E-state index in [-0.39, 0.29) is 0 Å². The number of hydrogen-bond donors (Lipinski definition) is 0. The Balaban J connectivity index is 2.18. The highest BCUT2D eigenvalue weighted by molar-refractivity contribution is 6.29. The third kappa shape index (κ3) is 1.97. The molecule has 82 valence electrons. The average Bonchev–Trinajstić information content (AvgIpc) is 2.38. The summed E-state index contributed by atoms with van der Waals surface area (Å²) in [6.45, 7) is 0. The van der Waals surface area contributed by atoms with Gasteiger partial charge in [-0.15, -0.1) is 0 Å². The van der Waals surface area contributed by atoms with E-state index in [1.165, 1.54) is 6.20 Å². The zero-order valence-corrected chi connectivity index (χ0v) is 9.59. The van der Waals surface area contributed by atoms with Gasteiger partial charge in [0.1, 0.15) is 5.15 Å². The molecule has 3 rings (SSSR count). The van der Waals surface area contributed by atoms with Crippen molar-refractivity contribution in [1.82, 2.24) is 15.0 Å². The van der Waals surface area contributed by atoms with E-state index in [4.69, 9.17) is 11.6 Å². The Hall–Kier alpha value is -2.00. The van der Waals surface area contributed by atoms with Gasteiger partial charge in [-0.05, 0) is 12.1 Å². The van der Waals surface area contributed by atoms with Crippen LogP contribution in [0.5, 0.6) is 0 Å². The molecule has 3 aromatic rings. The molecule has 0 N–H and O–H groups in total. The largest absolute Gasteiger partial charge is 0.259 e. The molecule has 3 nitrogen and oxygen atoms in total. The molecule has 2 heterocycles. The molecule has 1 aromatic carbocycles. The van der Waals surface area contributed by atoms with Crippen LogP contribution in [-0.4, -0.2) is 15.0 Å². The molecule has 0 amide bonds. The van der Waals surface area contributed by atoms with Crippen LogP contribution in [0.3, 0.4) is 0 Å². The van der Waals surface area contributed by atoms with E-state index in [1.54, 1.807) is 12.4 Å². The van der Waals surface area contributed by atoms with Crippen LogP contribution in [0.4, 0.5) is 0 Å². The fourth-order valence-corrected chi connectivity index (χ4v) is 1.84. The van der Waals surface area contributed by atoms with Gasteiger partial charge in [0.05, 0.1) is 23.6 Å². The van der Waals surface area contributed by atoms with Crippen molar-refractivity contribution in [3.63, 3.8) is 0 Å². The summed E-state index contributed by atoms with van der Waals surface area (Å²) in [6.07, 6.45) is 4.97. The van der Waals surface area contributed by atoms with Crippen LogP contribution in [0.2, 0.25) is 5.15 Å². The topological polar surface area (TPSA) is 38.7 Å². The molecule has 0 bridgehead atoms. The summed E-state index contributed by atoms with van der Waals surface area (Å²) >= 11 is 5.82. The Bertz CT molecular complexity index is 682. The van der Waals surface area contributed by atoms with Crippen LogP contribution in [0.15, 0.2) is 48.9 Å². The number of rotatable bonds is 1. The van der Waals surface area contributed by atoms with Crippen molar-refractivity contribution < 1.29 is 0 Å². The summed E-state index contributed by atoms with van der Waals surface area (Å²) in [7, 11) is 0. The lowest BCUT2D eigenvalue weighted by molar-refractivity contribution is 1.20. The third-order valence-corrected chi connectivity index (χ3v) is 2.67. The summed E-state index contributed by atoms with van der Waals surface area (Å²) in [5.74, 6) is 0. The van der Waals surface area contributed by atoms with Crippen LogP contribution in [0.25, 0.3) is 22.2 Å². The Morgan fingerprint density at radius 1 is 1.00 bits per heavy atom. The van der Waals surface area contributed by atoms with Crippen molar-refractivity contribution in [3.05, 3.63) is 54.1 Å². The second-order valence-corrected chi connectivity index (χ2v) is 4.03. The Morgan fingerprint density at radius 3 is 2.76 bits per heavy atom. The fourth-order valence-electron chi connectivity index (χ4n) is 1.69. The van der Waals surface area contributed by atoms with E-state index >= 15 is 0 Å². The van der Waals surface area contributed by atoms with Gasteiger partial charge in [0.15, 0.2) is 0 Å². The quantitative estimate of drug-likeness (QED) is 0.656. The zero-order valence-electron chi connectivity index (χ0n) is 8.84. The minimum absolute atomic E-state index is 0.385. The molecule has 0 saturated heterocycles. The van der Waals surface area contributed by atoms with Gasteiger partial charge in [-0.2, -0.15) is 0 Å². The molecule has 0 spiro atoms. The van der Waals surface area contributed by atoms with Gasteiger partial charge in [0, 0.05) is 17.1 Å². The van der Waals surface area contributed by atoms with Crippen molar-refractivity contribution in [2.24, 2.45) is 0 Å². The van der Waals surface area contributed by atoms with Crippen molar-refractivity contribution in [2.45, 2.75) is 0 Å². The average molecular weight is 242 g/mol. The molecule has 0 aliphatic carbocycles. The monoisotopic (exact) mass is 241 g/mol. The van der Waals surface area contributed by atoms with E-state index in [1.807, 2.05) is 30.3 Å². The molecular formula is C13H8ClN3. The molecule has 0 saturated carbocycles. The van der Waals surface area contributed by atoms with Gasteiger partial charge in [-0.3, -0.25) is 9.97 Å². The first-order valence-corrected chi connectivity index (χ1v) is 5.53. The first kappa shape index (κ1) is 10.2. The maximum absolute atomic E-state index is 5.82. The molecule has 0 fully saturated rings. The van der Waals surface area contributed by atoms with Crippen LogP contribution in [-0.2, 0) is 0 Å². The van der Waals surface area contributed by atoms with Crippen molar-refractivity contribution >= 4 is 22.5 Å². The zero-order chi connectivity index (χ0) is 11.7. The standard InChI is InChI=1S/C13H8ClN3/c14-13-8-15-7-12(17-13)10-5-9-3-1-2-4-11(9)16-6-10/h1-8H. The van der Waals surface area contributed by atoms with Crippen molar-refractivity contribution in [2.75, 3.05) is 0 Å². The molecule has 0 unspecified atom stereocenters. The highest BCUT2D eigenvalue weighted by Gasteiger charge is 2.02. The van der Waals surface area contributed by atoms with Crippen molar-refractivity contribution in [1.29, 1.82) is 0 Å². The second kappa shape index (κ2) is 4.11. The number of para-hydroxylation sites is 1. The number of aromatic nitrogens is 3. The van der Waals surface area contributed by atoms with Crippen molar-refractivity contribution in [3.8, 4) is 11.3 Å². The number of hydrogen-bond acceptors (Lipinski definition) is 3. The van der Waals surface area contributed by atoms with Gasteiger partial charge in [0.25, 0.3) is 0 Å². The summed E-state index contributed by atoms with van der Waals surface area (Å²) < 4.78 is 0. The van der Waals surface area contributed by atoms with Gasteiger partial charge in [0.2, 0.25) is 0 Å². The van der Waals surface area contributed by atoms with E-state index in [0.29, 0.717) is 5.15 Å². The first-order valence-electron chi connectivity index (χ1n) is 5.16. The van der Waals surface area contributed by atoms with Crippen LogP contribution < -0.4 is 0 Å². The van der Waals surface area contributed by atoms with Gasteiger partial charge in [-0.1, -0.05) is 29.8 Å². The lowest BCUT2D eigenvalue weighted by Gasteiger charge is -2.02. The van der Waals surface area contributed by atoms with Gasteiger partial charge >= 0.3 is 0 Å². The molecule has 0 radical (unpaired) electrons. The number of pyridine rings is 1. The summed E-state index contributed by atoms with van der Waals surface area (Å²) in [4.78, 5) is 12.6. The predicted octanol–water partition coefficient (Wildman–Crippen LogP) is 3.35. The summed E-state index contributed by atoms with van der Waals surface area (Å²) in [5, 5.41) is 1.46. The van der Waals surface area contributed by atoms with Crippen LogP contribution in [0.1, 0.15) is 0 Å². The van der Waals surface area contributed by atoms with E-state index in [2.05, 4.69) is 15.0 Å². The Kier molecular flexibility index (Phi) is 2.46. The number of fused-ring (bicyclic) bond motifs is 1. The highest BCUT2D eigenvalue weighted by Crippen LogP contribution is 2.21. The third-order valence-electron chi connectivity index (χ3n) is 2.49. The molecule has 0 atom stereocenters. The SMILES string of the molecule is Clc1cncc(-c2cnc3ccccc3c2)n1. The van der Waals surface area contributed by atoms with E-state index in [9.17, 15) is 0 Å². The molecule has 0 aliphatic rings. The molecular weight excluding hydrogens is 234 g/mol. The van der Waals surface area contributed by atoms with Gasteiger partial charge < -0.3 is 0 Å². The maximum Gasteiger partial charge on any atom is 0.148 e. The fraction of sp³-hybridized carbons (Fsp3) is 0. The lowest BCUT2D eigenvalue weighted by Crippen LogP contribution is -1.88. The first-order chi connectivity index (χ1) is 8.33. The Labute approximate surface area is 103 Å². The minimum Gasteiger partial charge on any atom is -0.259 e. The summed E-state index contributed by atoms with van der Waals surface area (Å²) in [6, 6.07) is 9.97. The normalized spacial score (nSPS) is 10.6.